The van der Waals surface area contributed by atoms with Gasteiger partial charge in [0.05, 0.1) is 30.4 Å². The van der Waals surface area contributed by atoms with Crippen LogP contribution < -0.4 is 9.46 Å². The summed E-state index contributed by atoms with van der Waals surface area (Å²) in [6, 6.07) is 7.60. The number of carbonyl (C=O) groups is 1. The van der Waals surface area contributed by atoms with Crippen molar-refractivity contribution in [3.8, 4) is 5.75 Å². The van der Waals surface area contributed by atoms with Crippen LogP contribution in [0, 0.1) is 11.8 Å². The molecule has 1 aromatic heterocycles. The van der Waals surface area contributed by atoms with Gasteiger partial charge >= 0.3 is 0 Å². The van der Waals surface area contributed by atoms with Crippen molar-refractivity contribution in [2.24, 2.45) is 11.8 Å². The number of nitrogens with zero attached hydrogens (tertiary/aromatic N) is 2. The van der Waals surface area contributed by atoms with E-state index in [4.69, 9.17) is 9.47 Å². The van der Waals surface area contributed by atoms with E-state index in [2.05, 4.69) is 23.6 Å². The van der Waals surface area contributed by atoms with E-state index in [1.54, 1.807) is 40.6 Å². The molecule has 2 heterocycles. The first-order valence-electron chi connectivity index (χ1n) is 16.2. The molecular formula is C33H51N3O6S2. The molecule has 44 heavy (non-hydrogen) atoms. The average Bonchev–Trinajstić information content (AvgIpc) is 3.55. The van der Waals surface area contributed by atoms with Crippen LogP contribution in [-0.2, 0) is 14.8 Å². The molecule has 0 unspecified atom stereocenters. The van der Waals surface area contributed by atoms with Gasteiger partial charge in [-0.1, -0.05) is 32.3 Å². The van der Waals surface area contributed by atoms with Gasteiger partial charge in [0.25, 0.3) is 15.9 Å². The first kappa shape index (κ1) is 34.7. The van der Waals surface area contributed by atoms with Crippen LogP contribution in [0.4, 0.5) is 5.69 Å². The number of amides is 1. The first-order chi connectivity index (χ1) is 21.1. The van der Waals surface area contributed by atoms with Gasteiger partial charge < -0.3 is 24.4 Å². The quantitative estimate of drug-likeness (QED) is 0.351. The lowest BCUT2D eigenvalue weighted by atomic mass is 9.89. The molecule has 1 aliphatic heterocycles. The largest absolute Gasteiger partial charge is 0.490 e. The Hall–Kier alpha value is -2.18. The van der Waals surface area contributed by atoms with E-state index in [0.717, 1.165) is 49.6 Å². The monoisotopic (exact) mass is 649 g/mol. The van der Waals surface area contributed by atoms with Gasteiger partial charge in [-0.3, -0.25) is 9.52 Å². The SMILES string of the molecule is C[C@@H]1CCCCO[C@H](CN(C)CC2CCCCC2)[C@@H](C)CN([C@H](C)CO)C(=O)c2cc(NS(=O)(=O)c3cccs3)ccc2O1. The van der Waals surface area contributed by atoms with Crippen LogP contribution in [0.5, 0.6) is 5.75 Å². The van der Waals surface area contributed by atoms with Crippen LogP contribution >= 0.6 is 11.3 Å². The predicted molar refractivity (Wildman–Crippen MR) is 176 cm³/mol. The number of nitrogens with one attached hydrogen (secondary N) is 1. The molecule has 9 nitrogen and oxygen atoms in total. The Kier molecular flexibility index (Phi) is 12.9. The number of aliphatic hydroxyl groups is 1. The summed E-state index contributed by atoms with van der Waals surface area (Å²) in [6.07, 6.45) is 8.93. The lowest BCUT2D eigenvalue weighted by Gasteiger charge is -2.36. The van der Waals surface area contributed by atoms with Crippen LogP contribution in [0.25, 0.3) is 0 Å². The Morgan fingerprint density at radius 3 is 2.55 bits per heavy atom. The van der Waals surface area contributed by atoms with Gasteiger partial charge in [-0.2, -0.15) is 0 Å². The van der Waals surface area contributed by atoms with Crippen molar-refractivity contribution in [3.63, 3.8) is 0 Å². The number of sulfonamides is 1. The number of carbonyl (C=O) groups excluding carboxylic acids is 1. The van der Waals surface area contributed by atoms with E-state index in [-0.39, 0.29) is 46.1 Å². The third-order valence-electron chi connectivity index (χ3n) is 8.85. The van der Waals surface area contributed by atoms with E-state index in [0.29, 0.717) is 18.9 Å². The van der Waals surface area contributed by atoms with Crippen molar-refractivity contribution >= 4 is 33.0 Å². The molecule has 1 fully saturated rings. The third-order valence-corrected chi connectivity index (χ3v) is 11.6. The normalized spacial score (nSPS) is 23.9. The van der Waals surface area contributed by atoms with Gasteiger partial charge in [0, 0.05) is 37.8 Å². The molecule has 2 N–H and O–H groups in total. The van der Waals surface area contributed by atoms with Crippen LogP contribution in [-0.4, -0.2) is 87.4 Å². The number of ether oxygens (including phenoxy) is 2. The van der Waals surface area contributed by atoms with Crippen molar-refractivity contribution in [3.05, 3.63) is 41.3 Å². The first-order valence-corrected chi connectivity index (χ1v) is 18.5. The summed E-state index contributed by atoms with van der Waals surface area (Å²) in [5.74, 6) is 0.804. The lowest BCUT2D eigenvalue weighted by Crippen LogP contribution is -2.47. The molecule has 1 aliphatic carbocycles. The standard InChI is InChI=1S/C33H51N3O6S2/c1-24-20-36(25(2)23-37)33(38)29-19-28(34-44(39,40)32-14-10-18-43-32)15-16-30(29)42-26(3)11-8-9-17-41-31(24)22-35(4)21-27-12-6-5-7-13-27/h10,14-16,18-19,24-27,31,34,37H,5-9,11-13,17,20-23H2,1-4H3/t24-,25+,26+,31+/m0/s1. The molecular weight excluding hydrogens is 599 g/mol. The molecule has 1 saturated carbocycles. The van der Waals surface area contributed by atoms with Gasteiger partial charge in [-0.15, -0.1) is 11.3 Å². The molecule has 0 radical (unpaired) electrons. The number of aliphatic hydroxyl groups excluding tert-OH is 1. The molecule has 246 valence electrons. The third kappa shape index (κ3) is 9.66. The topological polar surface area (TPSA) is 108 Å². The zero-order valence-corrected chi connectivity index (χ0v) is 28.4. The Balaban J connectivity index is 1.61. The lowest BCUT2D eigenvalue weighted by molar-refractivity contribution is -0.0190. The highest BCUT2D eigenvalue weighted by Gasteiger charge is 2.31. The van der Waals surface area contributed by atoms with Crippen LogP contribution in [0.1, 0.15) is 82.5 Å². The Morgan fingerprint density at radius 1 is 1.09 bits per heavy atom. The van der Waals surface area contributed by atoms with Gasteiger partial charge in [-0.05, 0) is 88.6 Å². The molecule has 0 saturated heterocycles. The van der Waals surface area contributed by atoms with Crippen LogP contribution in [0.15, 0.2) is 39.9 Å². The predicted octanol–water partition coefficient (Wildman–Crippen LogP) is 5.86. The Bertz CT molecular complexity index is 1280. The second kappa shape index (κ2) is 16.4. The highest BCUT2D eigenvalue weighted by Crippen LogP contribution is 2.30. The zero-order chi connectivity index (χ0) is 31.7. The van der Waals surface area contributed by atoms with E-state index in [1.807, 2.05) is 13.8 Å². The second-order valence-corrected chi connectivity index (χ2v) is 15.6. The highest BCUT2D eigenvalue weighted by atomic mass is 32.2. The Labute approximate surface area is 268 Å². The minimum Gasteiger partial charge on any atom is -0.490 e. The van der Waals surface area contributed by atoms with Crippen molar-refractivity contribution < 1.29 is 27.8 Å². The average molecular weight is 650 g/mol. The van der Waals surface area contributed by atoms with E-state index >= 15 is 0 Å². The smallest absolute Gasteiger partial charge is 0.271 e. The summed E-state index contributed by atoms with van der Waals surface area (Å²) in [4.78, 5) is 18.4. The zero-order valence-electron chi connectivity index (χ0n) is 26.7. The molecule has 0 spiro atoms. The fourth-order valence-electron chi connectivity index (χ4n) is 6.26. The maximum atomic E-state index is 14.3. The van der Waals surface area contributed by atoms with E-state index in [1.165, 1.54) is 32.1 Å². The molecule has 1 aromatic carbocycles. The van der Waals surface area contributed by atoms with E-state index < -0.39 is 16.1 Å². The molecule has 1 amide bonds. The van der Waals surface area contributed by atoms with Gasteiger partial charge in [0.15, 0.2) is 0 Å². The summed E-state index contributed by atoms with van der Waals surface area (Å²) in [6.45, 7) is 8.56. The molecule has 4 atom stereocenters. The van der Waals surface area contributed by atoms with Crippen molar-refractivity contribution in [2.45, 2.75) is 94.6 Å². The molecule has 2 aliphatic rings. The number of thiophene rings is 1. The molecule has 0 bridgehead atoms. The summed E-state index contributed by atoms with van der Waals surface area (Å²) in [7, 11) is -1.64. The summed E-state index contributed by atoms with van der Waals surface area (Å²) in [5, 5.41) is 11.9. The number of hydrogen-bond acceptors (Lipinski definition) is 8. The highest BCUT2D eigenvalue weighted by molar-refractivity contribution is 7.94. The van der Waals surface area contributed by atoms with Gasteiger partial charge in [0.1, 0.15) is 9.96 Å². The van der Waals surface area contributed by atoms with Gasteiger partial charge in [0.2, 0.25) is 0 Å². The number of hydrogen-bond donors (Lipinski definition) is 2. The summed E-state index contributed by atoms with van der Waals surface area (Å²) < 4.78 is 41.5. The molecule has 11 heteroatoms. The number of anilines is 1. The fraction of sp³-hybridized carbons (Fsp3) is 0.667. The fourth-order valence-corrected chi connectivity index (χ4v) is 8.31. The maximum absolute atomic E-state index is 14.3. The molecule has 2 aromatic rings. The van der Waals surface area contributed by atoms with E-state index in [9.17, 15) is 18.3 Å². The second-order valence-electron chi connectivity index (χ2n) is 12.8. The van der Waals surface area contributed by atoms with Crippen LogP contribution in [0.3, 0.4) is 0 Å². The summed E-state index contributed by atoms with van der Waals surface area (Å²) in [5.41, 5.74) is 0.540. The summed E-state index contributed by atoms with van der Waals surface area (Å²) >= 11 is 1.13. The Morgan fingerprint density at radius 2 is 1.84 bits per heavy atom. The number of benzene rings is 1. The van der Waals surface area contributed by atoms with Gasteiger partial charge in [-0.25, -0.2) is 8.42 Å². The van der Waals surface area contributed by atoms with Crippen molar-refractivity contribution in [1.29, 1.82) is 0 Å². The minimum absolute atomic E-state index is 0.00602. The number of rotatable bonds is 9. The maximum Gasteiger partial charge on any atom is 0.271 e. The number of likely N-dealkylation sites (N-methyl/N-ethyl adjacent to an activating group) is 1. The molecule has 4 rings (SSSR count). The minimum atomic E-state index is -3.81. The number of fused-ring (bicyclic) bond motifs is 1. The van der Waals surface area contributed by atoms with Crippen molar-refractivity contribution in [1.82, 2.24) is 9.80 Å². The van der Waals surface area contributed by atoms with Crippen LogP contribution in [0.2, 0.25) is 0 Å². The van der Waals surface area contributed by atoms with Crippen molar-refractivity contribution in [2.75, 3.05) is 44.6 Å².